The second-order valence-electron chi connectivity index (χ2n) is 5.82. The molecule has 6 nitrogen and oxygen atoms in total. The number of nitrogens with one attached hydrogen (secondary N) is 1. The van der Waals surface area contributed by atoms with Crippen LogP contribution in [-0.4, -0.2) is 22.2 Å². The normalized spacial score (nSPS) is 11.8. The van der Waals surface area contributed by atoms with E-state index in [2.05, 4.69) is 31.4 Å². The largest absolute Gasteiger partial charge is 0.481 e. The number of aromatic nitrogens is 2. The van der Waals surface area contributed by atoms with Crippen molar-refractivity contribution in [1.82, 2.24) is 15.5 Å². The molecule has 0 fully saturated rings. The number of carbonyl (C=O) groups excluding carboxylic acids is 1. The van der Waals surface area contributed by atoms with Gasteiger partial charge in [-0.25, -0.2) is 0 Å². The van der Waals surface area contributed by atoms with Crippen molar-refractivity contribution < 1.29 is 14.1 Å². The number of carbonyl (C=O) groups is 1. The van der Waals surface area contributed by atoms with Crippen molar-refractivity contribution in [2.45, 2.75) is 26.5 Å². The monoisotopic (exact) mass is 415 g/mol. The fourth-order valence-corrected chi connectivity index (χ4v) is 2.72. The van der Waals surface area contributed by atoms with E-state index in [9.17, 15) is 4.79 Å². The summed E-state index contributed by atoms with van der Waals surface area (Å²) in [6.07, 6.45) is -0.635. The Kier molecular flexibility index (Phi) is 5.68. The lowest BCUT2D eigenvalue weighted by Gasteiger charge is -2.14. The second kappa shape index (κ2) is 8.14. The second-order valence-corrected chi connectivity index (χ2v) is 6.73. The summed E-state index contributed by atoms with van der Waals surface area (Å²) in [5.41, 5.74) is 1.90. The van der Waals surface area contributed by atoms with Gasteiger partial charge in [-0.1, -0.05) is 45.4 Å². The first-order valence-electron chi connectivity index (χ1n) is 8.11. The molecule has 7 heteroatoms. The van der Waals surface area contributed by atoms with Crippen LogP contribution in [0.2, 0.25) is 0 Å². The first-order chi connectivity index (χ1) is 12.5. The summed E-state index contributed by atoms with van der Waals surface area (Å²) in [6, 6.07) is 15.1. The highest BCUT2D eigenvalue weighted by atomic mass is 79.9. The maximum atomic E-state index is 12.2. The number of aryl methyl sites for hydroxylation is 1. The van der Waals surface area contributed by atoms with Gasteiger partial charge in [0.2, 0.25) is 11.7 Å². The molecule has 2 aromatic carbocycles. The summed E-state index contributed by atoms with van der Waals surface area (Å²) in [6.45, 7) is 3.80. The molecule has 1 amide bonds. The Hall–Kier alpha value is -2.67. The van der Waals surface area contributed by atoms with Crippen LogP contribution in [0.5, 0.6) is 5.75 Å². The van der Waals surface area contributed by atoms with Crippen LogP contribution in [0.4, 0.5) is 0 Å². The average Bonchev–Trinajstić information content (AvgIpc) is 3.08. The van der Waals surface area contributed by atoms with E-state index in [1.807, 2.05) is 55.5 Å². The standard InChI is InChI=1S/C19H18BrN3O3/c1-12-5-3-8-16(9-12)25-13(2)19(24)21-11-17-22-18(23-26-17)14-6-4-7-15(20)10-14/h3-10,13H,11H2,1-2H3,(H,21,24)/t13-/m1/s1. The Labute approximate surface area is 159 Å². The van der Waals surface area contributed by atoms with Gasteiger partial charge in [0, 0.05) is 10.0 Å². The summed E-state index contributed by atoms with van der Waals surface area (Å²) in [5, 5.41) is 6.68. The Morgan fingerprint density at radius 1 is 1.27 bits per heavy atom. The molecule has 3 aromatic rings. The van der Waals surface area contributed by atoms with Crippen molar-refractivity contribution in [2.75, 3.05) is 0 Å². The van der Waals surface area contributed by atoms with Crippen LogP contribution in [-0.2, 0) is 11.3 Å². The molecular formula is C19H18BrN3O3. The fourth-order valence-electron chi connectivity index (χ4n) is 2.32. The van der Waals surface area contributed by atoms with Crippen LogP contribution in [0.15, 0.2) is 57.5 Å². The molecule has 26 heavy (non-hydrogen) atoms. The van der Waals surface area contributed by atoms with Gasteiger partial charge in [0.25, 0.3) is 5.91 Å². The van der Waals surface area contributed by atoms with Crippen molar-refractivity contribution in [3.05, 3.63) is 64.5 Å². The number of hydrogen-bond acceptors (Lipinski definition) is 5. The third-order valence-electron chi connectivity index (χ3n) is 3.64. The number of amides is 1. The number of rotatable bonds is 6. The average molecular weight is 416 g/mol. The molecule has 134 valence electrons. The highest BCUT2D eigenvalue weighted by molar-refractivity contribution is 9.10. The molecule has 0 bridgehead atoms. The molecule has 0 unspecified atom stereocenters. The molecule has 0 aliphatic heterocycles. The molecule has 1 N–H and O–H groups in total. The first kappa shape index (κ1) is 18.1. The summed E-state index contributed by atoms with van der Waals surface area (Å²) in [5.74, 6) is 1.20. The number of hydrogen-bond donors (Lipinski definition) is 1. The zero-order chi connectivity index (χ0) is 18.5. The lowest BCUT2D eigenvalue weighted by molar-refractivity contribution is -0.127. The minimum Gasteiger partial charge on any atom is -0.481 e. The van der Waals surface area contributed by atoms with Gasteiger partial charge in [0.05, 0.1) is 6.54 Å². The highest BCUT2D eigenvalue weighted by Crippen LogP contribution is 2.20. The summed E-state index contributed by atoms with van der Waals surface area (Å²) < 4.78 is 11.8. The van der Waals surface area contributed by atoms with Crippen LogP contribution >= 0.6 is 15.9 Å². The quantitative estimate of drug-likeness (QED) is 0.660. The number of halogens is 1. The Bertz CT molecular complexity index is 910. The molecule has 1 atom stereocenters. The van der Waals surface area contributed by atoms with Crippen molar-refractivity contribution in [1.29, 1.82) is 0 Å². The van der Waals surface area contributed by atoms with Gasteiger partial charge in [0.15, 0.2) is 6.10 Å². The summed E-state index contributed by atoms with van der Waals surface area (Å²) in [7, 11) is 0. The third-order valence-corrected chi connectivity index (χ3v) is 4.13. The summed E-state index contributed by atoms with van der Waals surface area (Å²) >= 11 is 3.41. The predicted octanol–water partition coefficient (Wildman–Crippen LogP) is 3.89. The molecule has 1 heterocycles. The van der Waals surface area contributed by atoms with E-state index in [1.165, 1.54) is 0 Å². The van der Waals surface area contributed by atoms with Gasteiger partial charge in [-0.3, -0.25) is 4.79 Å². The number of nitrogens with zero attached hydrogens (tertiary/aromatic N) is 2. The Balaban J connectivity index is 1.56. The van der Waals surface area contributed by atoms with Crippen LogP contribution in [0, 0.1) is 6.92 Å². The molecule has 0 saturated heterocycles. The highest BCUT2D eigenvalue weighted by Gasteiger charge is 2.16. The molecule has 0 aliphatic rings. The van der Waals surface area contributed by atoms with Crippen molar-refractivity contribution in [3.8, 4) is 17.1 Å². The van der Waals surface area contributed by atoms with Gasteiger partial charge in [0.1, 0.15) is 5.75 Å². The van der Waals surface area contributed by atoms with Crippen LogP contribution in [0.1, 0.15) is 18.4 Å². The maximum absolute atomic E-state index is 12.2. The van der Waals surface area contributed by atoms with Gasteiger partial charge in [-0.15, -0.1) is 0 Å². The SMILES string of the molecule is Cc1cccc(O[C@H](C)C(=O)NCc2nc(-c3cccc(Br)c3)no2)c1. The maximum Gasteiger partial charge on any atom is 0.261 e. The smallest absolute Gasteiger partial charge is 0.261 e. The Morgan fingerprint density at radius 3 is 2.85 bits per heavy atom. The predicted molar refractivity (Wildman–Crippen MR) is 101 cm³/mol. The number of benzene rings is 2. The number of ether oxygens (including phenoxy) is 1. The molecule has 0 aliphatic carbocycles. The summed E-state index contributed by atoms with van der Waals surface area (Å²) in [4.78, 5) is 16.5. The molecular weight excluding hydrogens is 398 g/mol. The van der Waals surface area contributed by atoms with Gasteiger partial charge in [-0.2, -0.15) is 4.98 Å². The van der Waals surface area contributed by atoms with E-state index in [1.54, 1.807) is 6.92 Å². The molecule has 1 aromatic heterocycles. The van der Waals surface area contributed by atoms with Gasteiger partial charge < -0.3 is 14.6 Å². The van der Waals surface area contributed by atoms with E-state index in [0.717, 1.165) is 15.6 Å². The minimum absolute atomic E-state index is 0.140. The fraction of sp³-hybridized carbons (Fsp3) is 0.211. The van der Waals surface area contributed by atoms with E-state index >= 15 is 0 Å². The van der Waals surface area contributed by atoms with Crippen molar-refractivity contribution in [2.24, 2.45) is 0 Å². The minimum atomic E-state index is -0.635. The van der Waals surface area contributed by atoms with Crippen molar-refractivity contribution >= 4 is 21.8 Å². The van der Waals surface area contributed by atoms with E-state index in [0.29, 0.717) is 17.5 Å². The third kappa shape index (κ3) is 4.70. The molecule has 3 rings (SSSR count). The van der Waals surface area contributed by atoms with Gasteiger partial charge in [-0.05, 0) is 43.7 Å². The zero-order valence-electron chi connectivity index (χ0n) is 14.4. The van der Waals surface area contributed by atoms with Crippen LogP contribution < -0.4 is 10.1 Å². The molecule has 0 spiro atoms. The molecule has 0 saturated carbocycles. The zero-order valence-corrected chi connectivity index (χ0v) is 16.0. The van der Waals surface area contributed by atoms with E-state index < -0.39 is 6.10 Å². The van der Waals surface area contributed by atoms with Crippen LogP contribution in [0.25, 0.3) is 11.4 Å². The van der Waals surface area contributed by atoms with E-state index in [-0.39, 0.29) is 12.5 Å². The van der Waals surface area contributed by atoms with Crippen LogP contribution in [0.3, 0.4) is 0 Å². The van der Waals surface area contributed by atoms with E-state index in [4.69, 9.17) is 9.26 Å². The van der Waals surface area contributed by atoms with Crippen molar-refractivity contribution in [3.63, 3.8) is 0 Å². The Morgan fingerprint density at radius 2 is 2.08 bits per heavy atom. The first-order valence-corrected chi connectivity index (χ1v) is 8.90. The van der Waals surface area contributed by atoms with Gasteiger partial charge >= 0.3 is 0 Å². The lowest BCUT2D eigenvalue weighted by atomic mass is 10.2. The molecule has 0 radical (unpaired) electrons. The lowest BCUT2D eigenvalue weighted by Crippen LogP contribution is -2.36. The topological polar surface area (TPSA) is 77.2 Å².